The molecule has 3 nitrogen and oxygen atoms in total. The molecule has 2 N–H and O–H groups in total. The van der Waals surface area contributed by atoms with Crippen LogP contribution < -0.4 is 0 Å². The van der Waals surface area contributed by atoms with Crippen LogP contribution in [0.4, 0.5) is 0 Å². The van der Waals surface area contributed by atoms with Crippen LogP contribution in [-0.4, -0.2) is 15.9 Å². The maximum atomic E-state index is 10.7. The second-order valence-corrected chi connectivity index (χ2v) is 8.10. The number of allylic oxidation sites excluding steroid dienone is 2. The minimum atomic E-state index is -3.76. The van der Waals surface area contributed by atoms with E-state index in [1.807, 2.05) is 0 Å². The van der Waals surface area contributed by atoms with Crippen LogP contribution in [0.3, 0.4) is 0 Å². The molecule has 0 aliphatic carbocycles. The Labute approximate surface area is 176 Å². The van der Waals surface area contributed by atoms with E-state index >= 15 is 0 Å². The molecule has 0 aromatic carbocycles. The molecule has 0 heterocycles. The van der Waals surface area contributed by atoms with Crippen molar-refractivity contribution in [1.82, 2.24) is 0 Å². The summed E-state index contributed by atoms with van der Waals surface area (Å²) in [5, 5.41) is 0. The predicted molar refractivity (Wildman–Crippen MR) is 96.4 cm³/mol. The van der Waals surface area contributed by atoms with Gasteiger partial charge >= 0.3 is 7.60 Å². The van der Waals surface area contributed by atoms with Gasteiger partial charge in [-0.25, -0.2) is 0 Å². The van der Waals surface area contributed by atoms with Gasteiger partial charge in [-0.05, 0) is 32.1 Å². The Morgan fingerprint density at radius 2 is 1.09 bits per heavy atom. The Morgan fingerprint density at radius 1 is 0.696 bits per heavy atom. The summed E-state index contributed by atoms with van der Waals surface area (Å²) in [6.45, 7) is 2.26. The van der Waals surface area contributed by atoms with Gasteiger partial charge in [0.05, 0.1) is 0 Å². The zero-order valence-corrected chi connectivity index (χ0v) is 19.1. The number of hydrogen-bond donors (Lipinski definition) is 2. The van der Waals surface area contributed by atoms with E-state index in [-0.39, 0.29) is 47.0 Å². The second kappa shape index (κ2) is 19.6. The maximum Gasteiger partial charge on any atom is 0.325 e. The van der Waals surface area contributed by atoms with Crippen LogP contribution >= 0.6 is 7.60 Å². The molecule has 0 aromatic heterocycles. The van der Waals surface area contributed by atoms with Gasteiger partial charge in [0.1, 0.15) is 0 Å². The zero-order chi connectivity index (χ0) is 16.5. The van der Waals surface area contributed by atoms with Crippen molar-refractivity contribution in [2.45, 2.75) is 96.8 Å². The molecule has 0 aliphatic heterocycles. The molecule has 0 spiro atoms. The van der Waals surface area contributed by atoms with Gasteiger partial charge in [0.2, 0.25) is 0 Å². The molecule has 0 rings (SSSR count). The summed E-state index contributed by atoms with van der Waals surface area (Å²) >= 11 is 0. The minimum absolute atomic E-state index is 0. The molecule has 0 aliphatic rings. The normalized spacial score (nSPS) is 11.8. The van der Waals surface area contributed by atoms with Crippen molar-refractivity contribution < 1.29 is 55.2 Å². The smallest absolute Gasteiger partial charge is 0.324 e. The van der Waals surface area contributed by atoms with Crippen LogP contribution in [0.15, 0.2) is 12.2 Å². The minimum Gasteiger partial charge on any atom is -0.324 e. The van der Waals surface area contributed by atoms with Gasteiger partial charge in [-0.2, -0.15) is 0 Å². The van der Waals surface area contributed by atoms with Crippen molar-refractivity contribution >= 4 is 7.60 Å². The molecule has 0 fully saturated rings. The summed E-state index contributed by atoms with van der Waals surface area (Å²) in [5.41, 5.74) is 0. The van der Waals surface area contributed by atoms with Crippen molar-refractivity contribution in [3.05, 3.63) is 12.2 Å². The third-order valence-corrected chi connectivity index (χ3v) is 4.86. The quantitative estimate of drug-likeness (QED) is 0.158. The fourth-order valence-electron chi connectivity index (χ4n) is 2.57. The zero-order valence-electron chi connectivity index (χ0n) is 15.0. The van der Waals surface area contributed by atoms with Crippen LogP contribution in [0.1, 0.15) is 96.8 Å². The van der Waals surface area contributed by atoms with Gasteiger partial charge in [0.25, 0.3) is 0 Å². The fraction of sp³-hybridized carbons (Fsp3) is 0.889. The summed E-state index contributed by atoms with van der Waals surface area (Å²) in [7, 11) is -3.76. The van der Waals surface area contributed by atoms with Gasteiger partial charge in [0.15, 0.2) is 0 Å². The predicted octanol–water partition coefficient (Wildman–Crippen LogP) is 6.20. The Morgan fingerprint density at radius 3 is 1.52 bits per heavy atom. The van der Waals surface area contributed by atoms with Gasteiger partial charge in [0, 0.05) is 47.0 Å². The summed E-state index contributed by atoms with van der Waals surface area (Å²) < 4.78 is 10.7. The summed E-state index contributed by atoms with van der Waals surface area (Å²) in [6.07, 6.45) is 21.7. The molecule has 136 valence electrons. The molecule has 0 saturated carbocycles. The first-order valence-electron chi connectivity index (χ1n) is 9.26. The molecule has 5 heteroatoms. The van der Waals surface area contributed by atoms with Crippen molar-refractivity contribution in [2.24, 2.45) is 0 Å². The van der Waals surface area contributed by atoms with Crippen LogP contribution in [-0.2, 0) is 4.57 Å². The van der Waals surface area contributed by atoms with Gasteiger partial charge < -0.3 is 9.79 Å². The molecular weight excluding hydrogens is 439 g/mol. The molecule has 0 amide bonds. The van der Waals surface area contributed by atoms with E-state index in [1.165, 1.54) is 70.6 Å². The van der Waals surface area contributed by atoms with Crippen LogP contribution in [0.25, 0.3) is 0 Å². The van der Waals surface area contributed by atoms with E-state index in [0.717, 1.165) is 12.8 Å². The second-order valence-electron chi connectivity index (χ2n) is 6.33. The van der Waals surface area contributed by atoms with Gasteiger partial charge in [-0.3, -0.25) is 4.57 Å². The molecule has 0 atom stereocenters. The molecule has 0 saturated heterocycles. The van der Waals surface area contributed by atoms with Crippen LogP contribution in [0, 0.1) is 40.8 Å². The average Bonchev–Trinajstić information content (AvgIpc) is 2.45. The first kappa shape index (κ1) is 26.5. The SMILES string of the molecule is CCCCCCCC/C=C\CCCCCCCCP(=O)(O)O.[Nd]. The molecule has 0 bridgehead atoms. The molecule has 0 aromatic rings. The number of unbranched alkanes of at least 4 members (excludes halogenated alkanes) is 12. The van der Waals surface area contributed by atoms with Crippen LogP contribution in [0.2, 0.25) is 0 Å². The van der Waals surface area contributed by atoms with Crippen molar-refractivity contribution in [2.75, 3.05) is 6.16 Å². The monoisotopic (exact) mass is 474 g/mol. The number of rotatable bonds is 16. The molecule has 0 radical (unpaired) electrons. The maximum absolute atomic E-state index is 10.7. The Hall–Kier alpha value is 1.24. The first-order valence-corrected chi connectivity index (χ1v) is 11.1. The molecule has 0 unspecified atom stereocenters. The van der Waals surface area contributed by atoms with Crippen molar-refractivity contribution in [3.63, 3.8) is 0 Å². The van der Waals surface area contributed by atoms with Gasteiger partial charge in [-0.1, -0.05) is 76.9 Å². The number of hydrogen-bond acceptors (Lipinski definition) is 1. The van der Waals surface area contributed by atoms with E-state index in [2.05, 4.69) is 19.1 Å². The van der Waals surface area contributed by atoms with Crippen molar-refractivity contribution in [3.8, 4) is 0 Å². The largest absolute Gasteiger partial charge is 0.325 e. The first-order chi connectivity index (χ1) is 10.6. The van der Waals surface area contributed by atoms with Gasteiger partial charge in [-0.15, -0.1) is 0 Å². The van der Waals surface area contributed by atoms with Crippen molar-refractivity contribution in [1.29, 1.82) is 0 Å². The van der Waals surface area contributed by atoms with E-state index in [1.54, 1.807) is 0 Å². The van der Waals surface area contributed by atoms with E-state index in [4.69, 9.17) is 9.79 Å². The summed E-state index contributed by atoms with van der Waals surface area (Å²) in [5.74, 6) is 0. The average molecular weight is 477 g/mol. The summed E-state index contributed by atoms with van der Waals surface area (Å²) in [4.78, 5) is 17.5. The summed E-state index contributed by atoms with van der Waals surface area (Å²) in [6, 6.07) is 0. The fourth-order valence-corrected chi connectivity index (χ4v) is 3.20. The van der Waals surface area contributed by atoms with E-state index in [9.17, 15) is 4.57 Å². The standard InChI is InChI=1S/C18H37O3P.Nd/c1-2-3-4-5-6-7-8-9-10-11-12-13-14-15-16-17-18-22(19,20)21;/h9-10H,2-8,11-18H2,1H3,(H2,19,20,21);/b10-9-;. The van der Waals surface area contributed by atoms with E-state index in [0.29, 0.717) is 6.42 Å². The Kier molecular flexibility index (Phi) is 22.5. The topological polar surface area (TPSA) is 57.5 Å². The Bertz CT molecular complexity index is 303. The van der Waals surface area contributed by atoms with E-state index < -0.39 is 7.60 Å². The molecule has 23 heavy (non-hydrogen) atoms. The Balaban J connectivity index is 0. The molecular formula is C18H37NdO3P. The third-order valence-electron chi connectivity index (χ3n) is 3.96. The van der Waals surface area contributed by atoms with Crippen LogP contribution in [0.5, 0.6) is 0 Å². The third kappa shape index (κ3) is 25.6.